The van der Waals surface area contributed by atoms with E-state index in [9.17, 15) is 14.7 Å². The van der Waals surface area contributed by atoms with Crippen molar-refractivity contribution >= 4 is 11.9 Å². The number of primary amides is 1. The molecular weight excluding hydrogens is 378 g/mol. The van der Waals surface area contributed by atoms with Crippen LogP contribution in [0.3, 0.4) is 0 Å². The van der Waals surface area contributed by atoms with E-state index < -0.39 is 5.91 Å². The van der Waals surface area contributed by atoms with Gasteiger partial charge in [0.2, 0.25) is 5.91 Å². The number of rotatable bonds is 4. The summed E-state index contributed by atoms with van der Waals surface area (Å²) in [7, 11) is 3.58. The first-order valence-corrected chi connectivity index (χ1v) is 11.0. The SMILES string of the molecule is CC1CC=CCC1.CN(Cc1ccc(C(N)=O)cc1)C(=O)N(C)C1CCC(O)CC1. The third-order valence-corrected chi connectivity index (χ3v) is 6.03. The average Bonchev–Trinajstić information content (AvgIpc) is 2.74. The van der Waals surface area contributed by atoms with Crippen molar-refractivity contribution in [2.45, 2.75) is 70.6 Å². The Bertz CT molecular complexity index is 709. The lowest BCUT2D eigenvalue weighted by atomic mass is 9.92. The second-order valence-electron chi connectivity index (χ2n) is 8.66. The number of hydrogen-bond acceptors (Lipinski definition) is 3. The molecule has 3 amide bonds. The minimum absolute atomic E-state index is 0.0367. The number of benzene rings is 1. The largest absolute Gasteiger partial charge is 0.393 e. The summed E-state index contributed by atoms with van der Waals surface area (Å²) < 4.78 is 0. The Kier molecular flexibility index (Phi) is 9.37. The van der Waals surface area contributed by atoms with Crippen LogP contribution in [-0.4, -0.2) is 53.1 Å². The third kappa shape index (κ3) is 7.48. The zero-order chi connectivity index (χ0) is 22.1. The molecule has 1 aromatic rings. The van der Waals surface area contributed by atoms with Crippen LogP contribution in [0.5, 0.6) is 0 Å². The first-order chi connectivity index (χ1) is 14.3. The molecule has 0 radical (unpaired) electrons. The number of urea groups is 1. The van der Waals surface area contributed by atoms with E-state index in [2.05, 4.69) is 19.1 Å². The van der Waals surface area contributed by atoms with Crippen molar-refractivity contribution < 1.29 is 14.7 Å². The number of amides is 3. The zero-order valence-corrected chi connectivity index (χ0v) is 18.6. The maximum Gasteiger partial charge on any atom is 0.320 e. The smallest absolute Gasteiger partial charge is 0.320 e. The molecule has 1 unspecified atom stereocenters. The molecule has 0 spiro atoms. The number of aliphatic hydroxyl groups is 1. The van der Waals surface area contributed by atoms with Crippen LogP contribution in [0.15, 0.2) is 36.4 Å². The summed E-state index contributed by atoms with van der Waals surface area (Å²) in [4.78, 5) is 27.0. The van der Waals surface area contributed by atoms with Crippen LogP contribution in [0.2, 0.25) is 0 Å². The second kappa shape index (κ2) is 11.7. The molecule has 1 saturated carbocycles. The van der Waals surface area contributed by atoms with Crippen molar-refractivity contribution in [3.05, 3.63) is 47.5 Å². The summed E-state index contributed by atoms with van der Waals surface area (Å²) in [6.45, 7) is 2.78. The predicted octanol–water partition coefficient (Wildman–Crippen LogP) is 3.94. The van der Waals surface area contributed by atoms with E-state index in [1.165, 1.54) is 19.3 Å². The van der Waals surface area contributed by atoms with Gasteiger partial charge in [0.05, 0.1) is 6.10 Å². The number of carbonyl (C=O) groups is 2. The molecular formula is C24H37N3O3. The molecule has 1 atom stereocenters. The fraction of sp³-hybridized carbons (Fsp3) is 0.583. The van der Waals surface area contributed by atoms with Crippen LogP contribution in [0.4, 0.5) is 4.79 Å². The summed E-state index contributed by atoms with van der Waals surface area (Å²) in [5, 5.41) is 9.57. The Hall–Kier alpha value is -2.34. The lowest BCUT2D eigenvalue weighted by Gasteiger charge is -2.35. The summed E-state index contributed by atoms with van der Waals surface area (Å²) >= 11 is 0. The van der Waals surface area contributed by atoms with Gasteiger partial charge in [0.25, 0.3) is 0 Å². The molecule has 6 heteroatoms. The molecule has 1 fully saturated rings. The van der Waals surface area contributed by atoms with Crippen LogP contribution in [0.25, 0.3) is 0 Å². The molecule has 0 bridgehead atoms. The van der Waals surface area contributed by atoms with Crippen molar-refractivity contribution in [2.75, 3.05) is 14.1 Å². The minimum Gasteiger partial charge on any atom is -0.393 e. The number of nitrogens with zero attached hydrogens (tertiary/aromatic N) is 2. The highest BCUT2D eigenvalue weighted by molar-refractivity contribution is 5.92. The van der Waals surface area contributed by atoms with Crippen LogP contribution in [-0.2, 0) is 6.54 Å². The van der Waals surface area contributed by atoms with Crippen LogP contribution >= 0.6 is 0 Å². The van der Waals surface area contributed by atoms with Crippen LogP contribution in [0.1, 0.15) is 67.8 Å². The normalized spacial score (nSPS) is 23.1. The third-order valence-electron chi connectivity index (χ3n) is 6.03. The van der Waals surface area contributed by atoms with E-state index in [4.69, 9.17) is 5.73 Å². The van der Waals surface area contributed by atoms with Crippen molar-refractivity contribution in [1.82, 2.24) is 9.80 Å². The average molecular weight is 416 g/mol. The Morgan fingerprint density at radius 1 is 1.03 bits per heavy atom. The van der Waals surface area contributed by atoms with Gasteiger partial charge in [-0.3, -0.25) is 4.79 Å². The molecule has 0 aromatic heterocycles. The summed E-state index contributed by atoms with van der Waals surface area (Å²) in [5.74, 6) is 0.491. The highest BCUT2D eigenvalue weighted by Crippen LogP contribution is 2.23. The fourth-order valence-corrected chi connectivity index (χ4v) is 3.93. The van der Waals surface area contributed by atoms with Gasteiger partial charge in [0.1, 0.15) is 0 Å². The van der Waals surface area contributed by atoms with Crippen LogP contribution < -0.4 is 5.73 Å². The summed E-state index contributed by atoms with van der Waals surface area (Å²) in [5.41, 5.74) is 6.62. The standard InChI is InChI=1S/C17H25N3O3.C7H12/c1-19(11-12-3-5-13(6-4-12)16(18)22)17(23)20(2)14-7-9-15(21)10-8-14;1-7-5-3-2-4-6-7/h3-6,14-15,21H,7-11H2,1-2H3,(H2,18,22);2-3,7H,4-6H2,1H3. The topological polar surface area (TPSA) is 86.9 Å². The Balaban J connectivity index is 0.000000386. The number of aliphatic hydroxyl groups excluding tert-OH is 1. The van der Waals surface area contributed by atoms with Gasteiger partial charge >= 0.3 is 6.03 Å². The Morgan fingerprint density at radius 3 is 2.13 bits per heavy atom. The van der Waals surface area contributed by atoms with Crippen molar-refractivity contribution in [2.24, 2.45) is 11.7 Å². The molecule has 166 valence electrons. The van der Waals surface area contributed by atoms with Gasteiger partial charge in [-0.05, 0) is 68.6 Å². The monoisotopic (exact) mass is 415 g/mol. The van der Waals surface area contributed by atoms with Gasteiger partial charge in [-0.25, -0.2) is 4.79 Å². The van der Waals surface area contributed by atoms with Crippen molar-refractivity contribution in [3.8, 4) is 0 Å². The van der Waals surface area contributed by atoms with Gasteiger partial charge < -0.3 is 20.6 Å². The van der Waals surface area contributed by atoms with Gasteiger partial charge in [-0.2, -0.15) is 0 Å². The molecule has 0 aliphatic heterocycles. The van der Waals surface area contributed by atoms with Gasteiger partial charge in [0, 0.05) is 32.2 Å². The fourth-order valence-electron chi connectivity index (χ4n) is 3.93. The molecule has 2 aliphatic rings. The molecule has 1 aromatic carbocycles. The summed E-state index contributed by atoms with van der Waals surface area (Å²) in [6, 6.07) is 7.10. The predicted molar refractivity (Wildman–Crippen MR) is 120 cm³/mol. The Labute approximate surface area is 180 Å². The minimum atomic E-state index is -0.458. The van der Waals surface area contributed by atoms with E-state index >= 15 is 0 Å². The number of allylic oxidation sites excluding steroid dienone is 2. The van der Waals surface area contributed by atoms with Gasteiger partial charge in [-0.1, -0.05) is 31.2 Å². The first kappa shape index (κ1) is 23.9. The quantitative estimate of drug-likeness (QED) is 0.730. The number of hydrogen-bond donors (Lipinski definition) is 2. The Morgan fingerprint density at radius 2 is 1.67 bits per heavy atom. The van der Waals surface area contributed by atoms with Gasteiger partial charge in [0.15, 0.2) is 0 Å². The van der Waals surface area contributed by atoms with E-state index in [1.807, 2.05) is 7.05 Å². The molecule has 0 heterocycles. The molecule has 30 heavy (non-hydrogen) atoms. The maximum atomic E-state index is 12.5. The zero-order valence-electron chi connectivity index (χ0n) is 18.6. The summed E-state index contributed by atoms with van der Waals surface area (Å²) in [6.07, 6.45) is 11.5. The molecule has 6 nitrogen and oxygen atoms in total. The molecule has 2 aliphatic carbocycles. The molecule has 0 saturated heterocycles. The highest BCUT2D eigenvalue weighted by Gasteiger charge is 2.27. The van der Waals surface area contributed by atoms with Gasteiger partial charge in [-0.15, -0.1) is 0 Å². The lowest BCUT2D eigenvalue weighted by Crippen LogP contribution is -2.45. The van der Waals surface area contributed by atoms with E-state index in [-0.39, 0.29) is 18.2 Å². The van der Waals surface area contributed by atoms with Crippen molar-refractivity contribution in [3.63, 3.8) is 0 Å². The van der Waals surface area contributed by atoms with E-state index in [1.54, 1.807) is 41.1 Å². The first-order valence-electron chi connectivity index (χ1n) is 11.0. The lowest BCUT2D eigenvalue weighted by molar-refractivity contribution is 0.0841. The highest BCUT2D eigenvalue weighted by atomic mass is 16.3. The van der Waals surface area contributed by atoms with Crippen LogP contribution in [0, 0.1) is 5.92 Å². The molecule has 3 rings (SSSR count). The second-order valence-corrected chi connectivity index (χ2v) is 8.66. The maximum absolute atomic E-state index is 12.5. The van der Waals surface area contributed by atoms with Crippen molar-refractivity contribution in [1.29, 1.82) is 0 Å². The van der Waals surface area contributed by atoms with E-state index in [0.29, 0.717) is 12.1 Å². The van der Waals surface area contributed by atoms with E-state index in [0.717, 1.165) is 37.2 Å². The molecule has 3 N–H and O–H groups in total. The number of carbonyl (C=O) groups excluding carboxylic acids is 2. The number of nitrogens with two attached hydrogens (primary N) is 1.